The van der Waals surface area contributed by atoms with Crippen LogP contribution in [0.15, 0.2) is 18.2 Å². The summed E-state index contributed by atoms with van der Waals surface area (Å²) in [6.45, 7) is 5.14. The molecule has 2 atom stereocenters. The number of carbonyl (C=O) groups excluding carboxylic acids is 2. The molecule has 2 amide bonds. The monoisotopic (exact) mass is 416 g/mol. The lowest BCUT2D eigenvalue weighted by molar-refractivity contribution is -0.206. The second kappa shape index (κ2) is 7.85. The van der Waals surface area contributed by atoms with Crippen LogP contribution in [-0.4, -0.2) is 63.9 Å². The summed E-state index contributed by atoms with van der Waals surface area (Å²) in [5, 5.41) is 24.1. The van der Waals surface area contributed by atoms with Crippen molar-refractivity contribution in [3.8, 4) is 5.75 Å². The van der Waals surface area contributed by atoms with Crippen molar-refractivity contribution < 1.29 is 24.5 Å². The van der Waals surface area contributed by atoms with E-state index in [1.54, 1.807) is 17.0 Å². The molecular weight excluding hydrogens is 384 g/mol. The van der Waals surface area contributed by atoms with Gasteiger partial charge in [0.25, 0.3) is 5.91 Å². The van der Waals surface area contributed by atoms with Gasteiger partial charge < -0.3 is 25.2 Å². The van der Waals surface area contributed by atoms with Crippen molar-refractivity contribution in [2.24, 2.45) is 5.92 Å². The molecule has 1 spiro atoms. The van der Waals surface area contributed by atoms with Crippen molar-refractivity contribution in [3.05, 3.63) is 29.3 Å². The van der Waals surface area contributed by atoms with E-state index in [0.29, 0.717) is 44.5 Å². The molecule has 2 aliphatic heterocycles. The van der Waals surface area contributed by atoms with Crippen molar-refractivity contribution in [2.75, 3.05) is 19.7 Å². The summed E-state index contributed by atoms with van der Waals surface area (Å²) in [6, 6.07) is 4.81. The lowest BCUT2D eigenvalue weighted by atomic mass is 9.72. The highest BCUT2D eigenvalue weighted by molar-refractivity contribution is 5.96. The number of carbonyl (C=O) groups is 2. The molecule has 3 aliphatic rings. The first kappa shape index (κ1) is 21.1. The summed E-state index contributed by atoms with van der Waals surface area (Å²) in [4.78, 5) is 27.3. The molecule has 1 aromatic carbocycles. The van der Waals surface area contributed by atoms with Gasteiger partial charge in [-0.2, -0.15) is 0 Å². The molecule has 3 fully saturated rings. The van der Waals surface area contributed by atoms with Crippen LogP contribution in [0.1, 0.15) is 61.4 Å². The van der Waals surface area contributed by atoms with Crippen LogP contribution < -0.4 is 5.32 Å². The third-order valence-electron chi connectivity index (χ3n) is 7.35. The van der Waals surface area contributed by atoms with E-state index in [1.165, 1.54) is 6.07 Å². The fourth-order valence-electron chi connectivity index (χ4n) is 4.96. The Bertz CT molecular complexity index is 829. The maximum Gasteiger partial charge on any atom is 0.254 e. The maximum atomic E-state index is 13.0. The number of aromatic hydroxyl groups is 1. The molecule has 0 radical (unpaired) electrons. The number of aliphatic hydroxyl groups excluding tert-OH is 1. The first-order valence-electron chi connectivity index (χ1n) is 11.0. The number of aryl methyl sites for hydroxylation is 1. The number of piperidine rings is 1. The number of aliphatic hydroxyl groups is 1. The molecule has 1 aromatic rings. The fraction of sp³-hybridized carbons (Fsp3) is 0.652. The minimum Gasteiger partial charge on any atom is -0.508 e. The average Bonchev–Trinajstić information content (AvgIpc) is 2.67. The third kappa shape index (κ3) is 3.69. The van der Waals surface area contributed by atoms with Gasteiger partial charge in [0.15, 0.2) is 0 Å². The van der Waals surface area contributed by atoms with E-state index in [0.717, 1.165) is 24.8 Å². The van der Waals surface area contributed by atoms with Crippen LogP contribution in [0.2, 0.25) is 0 Å². The Morgan fingerprint density at radius 1 is 1.20 bits per heavy atom. The van der Waals surface area contributed by atoms with Crippen LogP contribution >= 0.6 is 0 Å². The number of nitrogens with zero attached hydrogens (tertiary/aromatic N) is 1. The SMILES string of the molecule is Cc1ccc(O)cc1C(=O)N1CCC2(CC1)OCC[C@@](C)(NC(=O)C1CCC1)[C@@H]2O. The van der Waals surface area contributed by atoms with Crippen LogP contribution in [0.5, 0.6) is 5.75 Å². The van der Waals surface area contributed by atoms with E-state index >= 15 is 0 Å². The number of hydrogen-bond donors (Lipinski definition) is 3. The Hall–Kier alpha value is -2.12. The van der Waals surface area contributed by atoms with E-state index in [4.69, 9.17) is 4.74 Å². The molecule has 1 aliphatic carbocycles. The molecule has 2 heterocycles. The minimum absolute atomic E-state index is 0.0341. The molecule has 30 heavy (non-hydrogen) atoms. The summed E-state index contributed by atoms with van der Waals surface area (Å²) >= 11 is 0. The molecule has 7 heteroatoms. The molecule has 7 nitrogen and oxygen atoms in total. The van der Waals surface area contributed by atoms with E-state index < -0.39 is 17.2 Å². The van der Waals surface area contributed by atoms with Crippen molar-refractivity contribution in [1.82, 2.24) is 10.2 Å². The van der Waals surface area contributed by atoms with Crippen molar-refractivity contribution in [1.29, 1.82) is 0 Å². The Morgan fingerprint density at radius 2 is 1.90 bits per heavy atom. The summed E-state index contributed by atoms with van der Waals surface area (Å²) in [5.41, 5.74) is -0.171. The van der Waals surface area contributed by atoms with E-state index in [1.807, 2.05) is 13.8 Å². The van der Waals surface area contributed by atoms with E-state index in [9.17, 15) is 19.8 Å². The molecule has 0 aromatic heterocycles. The summed E-state index contributed by atoms with van der Waals surface area (Å²) in [5.74, 6) is 0.0516. The predicted molar refractivity (Wildman–Crippen MR) is 111 cm³/mol. The topological polar surface area (TPSA) is 99.1 Å². The summed E-state index contributed by atoms with van der Waals surface area (Å²) < 4.78 is 6.09. The number of nitrogens with one attached hydrogen (secondary N) is 1. The van der Waals surface area contributed by atoms with Crippen LogP contribution in [0.4, 0.5) is 0 Å². The first-order chi connectivity index (χ1) is 14.2. The minimum atomic E-state index is -0.831. The largest absolute Gasteiger partial charge is 0.508 e. The molecular formula is C23H32N2O5. The van der Waals surface area contributed by atoms with Crippen LogP contribution in [0.25, 0.3) is 0 Å². The van der Waals surface area contributed by atoms with Gasteiger partial charge in [-0.1, -0.05) is 12.5 Å². The number of hydrogen-bond acceptors (Lipinski definition) is 5. The van der Waals surface area contributed by atoms with Gasteiger partial charge in [0.05, 0.1) is 11.1 Å². The fourth-order valence-corrected chi connectivity index (χ4v) is 4.96. The number of phenolic OH excluding ortho intramolecular Hbond substituents is 1. The Kier molecular flexibility index (Phi) is 5.53. The molecule has 164 valence electrons. The highest BCUT2D eigenvalue weighted by Gasteiger charge is 2.54. The predicted octanol–water partition coefficient (Wildman–Crippen LogP) is 2.13. The number of likely N-dealkylation sites (tertiary alicyclic amines) is 1. The van der Waals surface area contributed by atoms with Crippen LogP contribution in [-0.2, 0) is 9.53 Å². The van der Waals surface area contributed by atoms with Gasteiger partial charge in [-0.25, -0.2) is 0 Å². The molecule has 2 saturated heterocycles. The number of amides is 2. The summed E-state index contributed by atoms with van der Waals surface area (Å²) in [6.07, 6.45) is 3.69. The van der Waals surface area contributed by atoms with Gasteiger partial charge in [-0.05, 0) is 63.6 Å². The van der Waals surface area contributed by atoms with Crippen LogP contribution in [0, 0.1) is 12.8 Å². The molecule has 1 saturated carbocycles. The second-order valence-electron chi connectivity index (χ2n) is 9.39. The number of ether oxygens (including phenoxy) is 1. The second-order valence-corrected chi connectivity index (χ2v) is 9.39. The standard InChI is InChI=1S/C23H32N2O5/c1-15-6-7-17(26)14-18(15)20(28)25-11-8-23(9-12-25)21(29)22(2,10-13-30-23)24-19(27)16-4-3-5-16/h6-7,14,16,21,26,29H,3-5,8-13H2,1-2H3,(H,24,27)/t21-,22+/m0/s1. The van der Waals surface area contributed by atoms with Gasteiger partial charge in [0.2, 0.25) is 5.91 Å². The zero-order valence-electron chi connectivity index (χ0n) is 17.8. The lowest BCUT2D eigenvalue weighted by Gasteiger charge is -2.54. The van der Waals surface area contributed by atoms with Crippen molar-refractivity contribution in [2.45, 2.75) is 69.6 Å². The van der Waals surface area contributed by atoms with Gasteiger partial charge in [-0.15, -0.1) is 0 Å². The van der Waals surface area contributed by atoms with Crippen LogP contribution in [0.3, 0.4) is 0 Å². The zero-order chi connectivity index (χ0) is 21.5. The first-order valence-corrected chi connectivity index (χ1v) is 11.0. The van der Waals surface area contributed by atoms with Gasteiger partial charge >= 0.3 is 0 Å². The number of rotatable bonds is 3. The number of benzene rings is 1. The third-order valence-corrected chi connectivity index (χ3v) is 7.35. The quantitative estimate of drug-likeness (QED) is 0.701. The highest BCUT2D eigenvalue weighted by atomic mass is 16.5. The zero-order valence-corrected chi connectivity index (χ0v) is 17.8. The molecule has 3 N–H and O–H groups in total. The highest BCUT2D eigenvalue weighted by Crippen LogP contribution is 2.41. The molecule has 4 rings (SSSR count). The van der Waals surface area contributed by atoms with Gasteiger partial charge in [0, 0.05) is 31.2 Å². The molecule has 0 bridgehead atoms. The van der Waals surface area contributed by atoms with E-state index in [-0.39, 0.29) is 23.5 Å². The Balaban J connectivity index is 1.44. The normalized spacial score (nSPS) is 28.8. The Labute approximate surface area is 177 Å². The van der Waals surface area contributed by atoms with Gasteiger partial charge in [-0.3, -0.25) is 9.59 Å². The van der Waals surface area contributed by atoms with Crippen molar-refractivity contribution in [3.63, 3.8) is 0 Å². The van der Waals surface area contributed by atoms with E-state index in [2.05, 4.69) is 5.32 Å². The smallest absolute Gasteiger partial charge is 0.254 e. The lowest BCUT2D eigenvalue weighted by Crippen LogP contribution is -2.70. The average molecular weight is 417 g/mol. The van der Waals surface area contributed by atoms with Gasteiger partial charge in [0.1, 0.15) is 11.9 Å². The molecule has 0 unspecified atom stereocenters. The summed E-state index contributed by atoms with van der Waals surface area (Å²) in [7, 11) is 0. The number of phenols is 1. The van der Waals surface area contributed by atoms with Crippen molar-refractivity contribution >= 4 is 11.8 Å². The Morgan fingerprint density at radius 3 is 2.53 bits per heavy atom. The maximum absolute atomic E-state index is 13.0.